The van der Waals surface area contributed by atoms with Crippen LogP contribution in [0.5, 0.6) is 5.75 Å². The molecule has 0 radical (unpaired) electrons. The summed E-state index contributed by atoms with van der Waals surface area (Å²) in [7, 11) is 6.54. The summed E-state index contributed by atoms with van der Waals surface area (Å²) in [6, 6.07) is 14.5. The van der Waals surface area contributed by atoms with Crippen LogP contribution in [0.1, 0.15) is 31.1 Å². The predicted octanol–water partition coefficient (Wildman–Crippen LogP) is 5.60. The van der Waals surface area contributed by atoms with E-state index in [4.69, 9.17) is 9.47 Å². The highest BCUT2D eigenvalue weighted by molar-refractivity contribution is 6.05. The van der Waals surface area contributed by atoms with Gasteiger partial charge in [-0.15, -0.1) is 0 Å². The monoisotopic (exact) mass is 586 g/mol. The zero-order valence-electron chi connectivity index (χ0n) is 25.6. The number of pyridine rings is 1. The number of benzene rings is 2. The molecule has 0 aliphatic carbocycles. The number of aromatic amines is 1. The Labute approximate surface area is 251 Å². The number of urea groups is 1. The van der Waals surface area contributed by atoms with Gasteiger partial charge in [-0.05, 0) is 50.6 Å². The molecule has 0 fully saturated rings. The lowest BCUT2D eigenvalue weighted by Crippen LogP contribution is -2.40. The van der Waals surface area contributed by atoms with Crippen LogP contribution in [-0.2, 0) is 4.74 Å². The smallest absolute Gasteiger partial charge is 0.410 e. The van der Waals surface area contributed by atoms with Crippen molar-refractivity contribution in [2.75, 3.05) is 46.7 Å². The van der Waals surface area contributed by atoms with Gasteiger partial charge in [0.05, 0.1) is 18.4 Å². The molecule has 0 saturated carbocycles. The van der Waals surface area contributed by atoms with E-state index in [0.29, 0.717) is 11.3 Å². The third-order valence-electron chi connectivity index (χ3n) is 6.60. The van der Waals surface area contributed by atoms with Crippen molar-refractivity contribution >= 4 is 34.8 Å². The van der Waals surface area contributed by atoms with E-state index in [1.54, 1.807) is 67.4 Å². The molecule has 11 nitrogen and oxygen atoms in total. The largest absolute Gasteiger partial charge is 0.496 e. The Morgan fingerprint density at radius 2 is 1.72 bits per heavy atom. The number of para-hydroxylation sites is 1. The molecule has 3 N–H and O–H groups in total. The van der Waals surface area contributed by atoms with E-state index in [-0.39, 0.29) is 19.0 Å². The highest BCUT2D eigenvalue weighted by Crippen LogP contribution is 2.36. The van der Waals surface area contributed by atoms with Gasteiger partial charge >= 0.3 is 12.1 Å². The average Bonchev–Trinajstić information content (AvgIpc) is 3.39. The first kappa shape index (κ1) is 30.9. The van der Waals surface area contributed by atoms with Crippen LogP contribution in [0.2, 0.25) is 0 Å². The lowest BCUT2D eigenvalue weighted by Gasteiger charge is -2.24. The summed E-state index contributed by atoms with van der Waals surface area (Å²) in [6.07, 6.45) is 3.16. The second kappa shape index (κ2) is 12.8. The minimum absolute atomic E-state index is 0.188. The fraction of sp³-hybridized carbons (Fsp3) is 0.312. The molecule has 4 amide bonds. The SMILES string of the molecule is COc1ccccc1-c1c[nH]c2ncc(-c3ccc(NC(=O)NCCN(C)C(=O)OC(C)(C)C)c(C(=O)N(C)C)c3)cc12. The van der Waals surface area contributed by atoms with Crippen LogP contribution in [0.15, 0.2) is 60.9 Å². The number of amides is 4. The number of anilines is 1. The predicted molar refractivity (Wildman–Crippen MR) is 167 cm³/mol. The van der Waals surface area contributed by atoms with E-state index in [2.05, 4.69) is 20.6 Å². The van der Waals surface area contributed by atoms with Gasteiger partial charge in [-0.1, -0.05) is 24.3 Å². The summed E-state index contributed by atoms with van der Waals surface area (Å²) in [6.45, 7) is 5.80. The normalized spacial score (nSPS) is 11.1. The Hall–Kier alpha value is -5.06. The van der Waals surface area contributed by atoms with Crippen LogP contribution in [0.4, 0.5) is 15.3 Å². The number of carbonyl (C=O) groups excluding carboxylic acids is 3. The molecule has 4 rings (SSSR count). The lowest BCUT2D eigenvalue weighted by molar-refractivity contribution is 0.0301. The number of ether oxygens (including phenoxy) is 2. The van der Waals surface area contributed by atoms with E-state index >= 15 is 0 Å². The van der Waals surface area contributed by atoms with Crippen molar-refractivity contribution in [2.24, 2.45) is 0 Å². The van der Waals surface area contributed by atoms with Crippen LogP contribution in [0, 0.1) is 0 Å². The maximum absolute atomic E-state index is 13.2. The molecule has 0 saturated heterocycles. The number of likely N-dealkylation sites (N-methyl/N-ethyl adjacent to an activating group) is 1. The Bertz CT molecular complexity index is 1640. The van der Waals surface area contributed by atoms with Gasteiger partial charge in [-0.2, -0.15) is 0 Å². The summed E-state index contributed by atoms with van der Waals surface area (Å²) in [4.78, 5) is 48.7. The number of fused-ring (bicyclic) bond motifs is 1. The average molecular weight is 587 g/mol. The molecule has 2 aromatic heterocycles. The molecular formula is C32H38N6O5. The van der Waals surface area contributed by atoms with E-state index < -0.39 is 17.7 Å². The van der Waals surface area contributed by atoms with E-state index in [0.717, 1.165) is 39.0 Å². The summed E-state index contributed by atoms with van der Waals surface area (Å²) in [5, 5.41) is 6.39. The maximum Gasteiger partial charge on any atom is 0.410 e. The van der Waals surface area contributed by atoms with Gasteiger partial charge < -0.3 is 34.9 Å². The zero-order chi connectivity index (χ0) is 31.3. The van der Waals surface area contributed by atoms with Gasteiger partial charge in [0, 0.05) is 68.7 Å². The van der Waals surface area contributed by atoms with Gasteiger partial charge in [0.1, 0.15) is 17.0 Å². The van der Waals surface area contributed by atoms with Crippen LogP contribution in [0.3, 0.4) is 0 Å². The molecule has 11 heteroatoms. The van der Waals surface area contributed by atoms with Gasteiger partial charge in [0.2, 0.25) is 0 Å². The summed E-state index contributed by atoms with van der Waals surface area (Å²) in [5.74, 6) is 0.477. The standard InChI is InChI=1S/C32H38N6O5/c1-32(2,3)43-31(41)38(6)15-14-33-30(40)36-26-13-12-20(16-24(26)29(39)37(4)5)21-17-23-25(19-35-28(23)34-18-21)22-10-8-9-11-27(22)42-7/h8-13,16-19H,14-15H2,1-7H3,(H,34,35)(H2,33,36,40). The number of aromatic nitrogens is 2. The van der Waals surface area contributed by atoms with Crippen molar-refractivity contribution in [3.63, 3.8) is 0 Å². The van der Waals surface area contributed by atoms with Crippen molar-refractivity contribution in [1.29, 1.82) is 0 Å². The number of nitrogens with one attached hydrogen (secondary N) is 3. The number of nitrogens with zero attached hydrogens (tertiary/aromatic N) is 3. The Kier molecular flexibility index (Phi) is 9.23. The topological polar surface area (TPSA) is 129 Å². The quantitative estimate of drug-likeness (QED) is 0.247. The highest BCUT2D eigenvalue weighted by Gasteiger charge is 2.21. The molecule has 0 spiro atoms. The van der Waals surface area contributed by atoms with E-state index in [1.165, 1.54) is 9.80 Å². The first-order valence-corrected chi connectivity index (χ1v) is 13.8. The fourth-order valence-electron chi connectivity index (χ4n) is 4.44. The Morgan fingerprint density at radius 3 is 2.42 bits per heavy atom. The van der Waals surface area contributed by atoms with Gasteiger partial charge in [-0.3, -0.25) is 4.79 Å². The number of hydrogen-bond acceptors (Lipinski definition) is 6. The lowest BCUT2D eigenvalue weighted by atomic mass is 9.99. The molecule has 2 aromatic carbocycles. The van der Waals surface area contributed by atoms with Crippen LogP contribution in [0.25, 0.3) is 33.3 Å². The zero-order valence-corrected chi connectivity index (χ0v) is 25.6. The van der Waals surface area contributed by atoms with Crippen molar-refractivity contribution in [2.45, 2.75) is 26.4 Å². The number of carbonyl (C=O) groups is 3. The Balaban J connectivity index is 1.56. The molecule has 0 bridgehead atoms. The molecule has 226 valence electrons. The third-order valence-corrected chi connectivity index (χ3v) is 6.60. The summed E-state index contributed by atoms with van der Waals surface area (Å²) < 4.78 is 10.9. The van der Waals surface area contributed by atoms with Crippen molar-refractivity contribution < 1.29 is 23.9 Å². The van der Waals surface area contributed by atoms with Gasteiger partial charge in [-0.25, -0.2) is 14.6 Å². The molecule has 0 atom stereocenters. The van der Waals surface area contributed by atoms with Crippen molar-refractivity contribution in [1.82, 2.24) is 25.1 Å². The van der Waals surface area contributed by atoms with Crippen molar-refractivity contribution in [3.8, 4) is 28.0 Å². The molecule has 0 aliphatic rings. The molecular weight excluding hydrogens is 548 g/mol. The third kappa shape index (κ3) is 7.42. The second-order valence-electron chi connectivity index (χ2n) is 11.3. The van der Waals surface area contributed by atoms with Crippen LogP contribution < -0.4 is 15.4 Å². The molecule has 43 heavy (non-hydrogen) atoms. The molecule has 2 heterocycles. The van der Waals surface area contributed by atoms with E-state index in [9.17, 15) is 14.4 Å². The minimum Gasteiger partial charge on any atom is -0.496 e. The minimum atomic E-state index is -0.612. The first-order valence-electron chi connectivity index (χ1n) is 13.8. The first-order chi connectivity index (χ1) is 20.4. The van der Waals surface area contributed by atoms with Crippen LogP contribution >= 0.6 is 0 Å². The molecule has 0 aliphatic heterocycles. The Morgan fingerprint density at radius 1 is 0.977 bits per heavy atom. The number of methoxy groups -OCH3 is 1. The van der Waals surface area contributed by atoms with Crippen molar-refractivity contribution in [3.05, 3.63) is 66.5 Å². The van der Waals surface area contributed by atoms with Gasteiger partial charge in [0.15, 0.2) is 0 Å². The number of H-pyrrole nitrogens is 1. The molecule has 4 aromatic rings. The van der Waals surface area contributed by atoms with Gasteiger partial charge in [0.25, 0.3) is 5.91 Å². The fourth-order valence-corrected chi connectivity index (χ4v) is 4.44. The van der Waals surface area contributed by atoms with Crippen LogP contribution in [-0.4, -0.2) is 84.7 Å². The maximum atomic E-state index is 13.2. The summed E-state index contributed by atoms with van der Waals surface area (Å²) in [5.41, 5.74) is 4.22. The number of hydrogen-bond donors (Lipinski definition) is 3. The van der Waals surface area contributed by atoms with E-state index in [1.807, 2.05) is 42.6 Å². The number of rotatable bonds is 8. The second-order valence-corrected chi connectivity index (χ2v) is 11.3. The highest BCUT2D eigenvalue weighted by atomic mass is 16.6. The summed E-state index contributed by atoms with van der Waals surface area (Å²) >= 11 is 0. The molecule has 0 unspecified atom stereocenters.